The lowest BCUT2D eigenvalue weighted by Gasteiger charge is -2.42. The van der Waals surface area contributed by atoms with Gasteiger partial charge >= 0.3 is 12.1 Å². The van der Waals surface area contributed by atoms with Crippen LogP contribution in [-0.2, 0) is 4.74 Å². The quantitative estimate of drug-likeness (QED) is 0.169. The third kappa shape index (κ3) is 6.04. The van der Waals surface area contributed by atoms with Crippen LogP contribution in [0.25, 0.3) is 32.9 Å². The molecule has 3 unspecified atom stereocenters. The van der Waals surface area contributed by atoms with Crippen molar-refractivity contribution < 1.29 is 36.9 Å². The van der Waals surface area contributed by atoms with Crippen molar-refractivity contribution in [2.24, 2.45) is 0 Å². The van der Waals surface area contributed by atoms with Crippen molar-refractivity contribution in [3.8, 4) is 35.4 Å². The summed E-state index contributed by atoms with van der Waals surface area (Å²) in [6.45, 7) is 7.00. The first-order valence-corrected chi connectivity index (χ1v) is 17.7. The second-order valence-corrected chi connectivity index (χ2v) is 15.4. The predicted molar refractivity (Wildman–Crippen MR) is 190 cm³/mol. The van der Waals surface area contributed by atoms with Gasteiger partial charge in [-0.25, -0.2) is 13.6 Å². The standard InChI is InChI=1S/C39H38F4N6O4/c1-5-26-29(40)10-7-21-13-25(50)14-27(30(21)26)32-31(41)33-28(16-44-32)35(47-18-23-8-9-24(19-47)49(23)37(51)53-38(2,3)4)46-36(45-33)52-20-39-11-6-12-48(39)17-22(15-39)34(42)43/h1,7,10,13-14,16,23-24,50H,6,8-9,11-12,15,17-20H2,2-4H3. The van der Waals surface area contributed by atoms with Crippen LogP contribution in [0, 0.1) is 24.0 Å². The number of pyridine rings is 1. The van der Waals surface area contributed by atoms with E-state index in [1.165, 1.54) is 30.5 Å². The maximum absolute atomic E-state index is 17.0. The number of phenols is 1. The summed E-state index contributed by atoms with van der Waals surface area (Å²) in [5.41, 5.74) is -1.68. The van der Waals surface area contributed by atoms with Crippen LogP contribution in [0.4, 0.5) is 28.2 Å². The zero-order chi connectivity index (χ0) is 37.4. The molecule has 276 valence electrons. The van der Waals surface area contributed by atoms with Gasteiger partial charge in [-0.1, -0.05) is 12.0 Å². The van der Waals surface area contributed by atoms with Crippen molar-refractivity contribution in [3.05, 3.63) is 59.3 Å². The van der Waals surface area contributed by atoms with Crippen LogP contribution in [0.15, 0.2) is 42.1 Å². The minimum absolute atomic E-state index is 0.00790. The molecule has 53 heavy (non-hydrogen) atoms. The third-order valence-corrected chi connectivity index (χ3v) is 10.9. The van der Waals surface area contributed by atoms with Gasteiger partial charge < -0.3 is 19.5 Å². The number of terminal acetylenes is 1. The van der Waals surface area contributed by atoms with E-state index in [0.717, 1.165) is 19.3 Å². The number of piperazine rings is 1. The minimum Gasteiger partial charge on any atom is -0.508 e. The van der Waals surface area contributed by atoms with Crippen LogP contribution in [0.1, 0.15) is 58.4 Å². The number of anilines is 1. The summed E-state index contributed by atoms with van der Waals surface area (Å²) in [6.07, 6.45) is 8.13. The average Bonchev–Trinajstić information content (AvgIpc) is 3.75. The van der Waals surface area contributed by atoms with Gasteiger partial charge in [-0.2, -0.15) is 18.7 Å². The molecule has 2 aromatic carbocycles. The molecule has 0 saturated carbocycles. The zero-order valence-electron chi connectivity index (χ0n) is 29.6. The zero-order valence-corrected chi connectivity index (χ0v) is 29.6. The summed E-state index contributed by atoms with van der Waals surface area (Å²) in [5, 5.41) is 11.5. The number of nitrogens with zero attached hydrogens (tertiary/aromatic N) is 6. The van der Waals surface area contributed by atoms with Gasteiger partial charge in [0.05, 0.1) is 28.6 Å². The highest BCUT2D eigenvalue weighted by atomic mass is 19.3. The Kier molecular flexibility index (Phi) is 8.40. The van der Waals surface area contributed by atoms with Crippen LogP contribution in [0.5, 0.6) is 11.8 Å². The highest BCUT2D eigenvalue weighted by molar-refractivity contribution is 6.03. The van der Waals surface area contributed by atoms with Gasteiger partial charge in [-0.15, -0.1) is 6.42 Å². The van der Waals surface area contributed by atoms with Gasteiger partial charge in [0.25, 0.3) is 6.08 Å². The van der Waals surface area contributed by atoms with Crippen LogP contribution < -0.4 is 9.64 Å². The molecule has 4 aliphatic rings. The molecule has 2 aromatic heterocycles. The molecule has 14 heteroatoms. The van der Waals surface area contributed by atoms with E-state index >= 15 is 4.39 Å². The number of hydrogen-bond acceptors (Lipinski definition) is 9. The largest absolute Gasteiger partial charge is 0.508 e. The van der Waals surface area contributed by atoms with E-state index in [4.69, 9.17) is 20.9 Å². The number of aromatic hydroxyl groups is 1. The van der Waals surface area contributed by atoms with Crippen LogP contribution in [0.2, 0.25) is 0 Å². The van der Waals surface area contributed by atoms with Crippen molar-refractivity contribution in [2.45, 2.75) is 76.1 Å². The van der Waals surface area contributed by atoms with Crippen LogP contribution in [-0.4, -0.2) is 92.0 Å². The Hall–Kier alpha value is -5.16. The molecule has 3 atom stereocenters. The summed E-state index contributed by atoms with van der Waals surface area (Å²) in [4.78, 5) is 32.7. The molecule has 10 nitrogen and oxygen atoms in total. The molecule has 8 rings (SSSR count). The number of hydrogen-bond donors (Lipinski definition) is 1. The van der Waals surface area contributed by atoms with E-state index in [2.05, 4.69) is 15.9 Å². The van der Waals surface area contributed by atoms with Gasteiger partial charge in [-0.05, 0) is 83.0 Å². The highest BCUT2D eigenvalue weighted by Crippen LogP contribution is 2.44. The first kappa shape index (κ1) is 34.9. The third-order valence-electron chi connectivity index (χ3n) is 10.9. The van der Waals surface area contributed by atoms with E-state index in [9.17, 15) is 23.1 Å². The van der Waals surface area contributed by atoms with E-state index in [1.807, 2.05) is 30.6 Å². The SMILES string of the molecule is C#Cc1c(F)ccc2cc(O)cc(-c3ncc4c(N5CC6CCC(C5)N6C(=O)OC(C)(C)C)nc(OCC56CCCN5CC(=C(F)F)C6)nc4c3F)c12. The fourth-order valence-corrected chi connectivity index (χ4v) is 8.62. The smallest absolute Gasteiger partial charge is 0.410 e. The number of carbonyl (C=O) groups excluding carboxylic acids is 1. The van der Waals surface area contributed by atoms with Gasteiger partial charge in [0, 0.05) is 42.4 Å². The summed E-state index contributed by atoms with van der Waals surface area (Å²) in [7, 11) is 0. The molecular weight excluding hydrogens is 692 g/mol. The Bertz CT molecular complexity index is 2240. The molecule has 6 heterocycles. The van der Waals surface area contributed by atoms with Crippen molar-refractivity contribution in [1.29, 1.82) is 0 Å². The van der Waals surface area contributed by atoms with Crippen LogP contribution in [0.3, 0.4) is 0 Å². The van der Waals surface area contributed by atoms with Crippen LogP contribution >= 0.6 is 0 Å². The number of benzene rings is 2. The average molecular weight is 731 g/mol. The Morgan fingerprint density at radius 1 is 1.13 bits per heavy atom. The summed E-state index contributed by atoms with van der Waals surface area (Å²) in [6, 6.07) is 4.75. The summed E-state index contributed by atoms with van der Waals surface area (Å²) in [5.74, 6) is 0.909. The van der Waals surface area contributed by atoms with E-state index < -0.39 is 34.9 Å². The van der Waals surface area contributed by atoms with Gasteiger partial charge in [0.2, 0.25) is 0 Å². The number of amides is 1. The highest BCUT2D eigenvalue weighted by Gasteiger charge is 2.49. The fraction of sp³-hybridized carbons (Fsp3) is 0.436. The molecule has 0 radical (unpaired) electrons. The molecule has 1 amide bonds. The second-order valence-electron chi connectivity index (χ2n) is 15.4. The number of ether oxygens (including phenoxy) is 2. The number of aromatic nitrogens is 3. The van der Waals surface area contributed by atoms with E-state index in [1.54, 1.807) is 4.90 Å². The summed E-state index contributed by atoms with van der Waals surface area (Å²) < 4.78 is 71.4. The van der Waals surface area contributed by atoms with Gasteiger partial charge in [0.15, 0.2) is 5.82 Å². The Labute approximate surface area is 303 Å². The molecule has 0 aliphatic carbocycles. The normalized spacial score (nSPS) is 22.8. The second kappa shape index (κ2) is 12.8. The first-order valence-electron chi connectivity index (χ1n) is 17.7. The summed E-state index contributed by atoms with van der Waals surface area (Å²) >= 11 is 0. The fourth-order valence-electron chi connectivity index (χ4n) is 8.62. The van der Waals surface area contributed by atoms with Gasteiger partial charge in [-0.3, -0.25) is 14.8 Å². The maximum Gasteiger partial charge on any atom is 0.410 e. The van der Waals surface area contributed by atoms with Crippen molar-refractivity contribution >= 4 is 33.6 Å². The van der Waals surface area contributed by atoms with Crippen molar-refractivity contribution in [2.75, 3.05) is 37.7 Å². The number of phenolic OH excluding ortho intramolecular Hbond substituents is 1. The molecule has 2 bridgehead atoms. The monoisotopic (exact) mass is 730 g/mol. The number of fused-ring (bicyclic) bond motifs is 5. The van der Waals surface area contributed by atoms with E-state index in [0.29, 0.717) is 37.3 Å². The molecule has 1 N–H and O–H groups in total. The molecular formula is C39H38F4N6O4. The Morgan fingerprint density at radius 2 is 1.89 bits per heavy atom. The lowest BCUT2D eigenvalue weighted by Crippen LogP contribution is -2.57. The van der Waals surface area contributed by atoms with Gasteiger partial charge in [0.1, 0.15) is 40.8 Å². The first-order chi connectivity index (χ1) is 25.2. The minimum atomic E-state index is -1.68. The van der Waals surface area contributed by atoms with Crippen molar-refractivity contribution in [1.82, 2.24) is 24.8 Å². The Balaban J connectivity index is 1.23. The number of carbonyl (C=O) groups is 1. The molecule has 0 spiro atoms. The topological polar surface area (TPSA) is 104 Å². The predicted octanol–water partition coefficient (Wildman–Crippen LogP) is 7.17. The molecule has 4 fully saturated rings. The molecule has 4 aromatic rings. The number of rotatable bonds is 5. The Morgan fingerprint density at radius 3 is 2.58 bits per heavy atom. The lowest BCUT2D eigenvalue weighted by molar-refractivity contribution is 0.0122. The molecule has 4 aliphatic heterocycles. The number of halogens is 4. The molecule has 4 saturated heterocycles. The maximum atomic E-state index is 17.0. The lowest BCUT2D eigenvalue weighted by atomic mass is 9.94. The van der Waals surface area contributed by atoms with Crippen molar-refractivity contribution in [3.63, 3.8) is 0 Å². The van der Waals surface area contributed by atoms with E-state index in [-0.39, 0.29) is 82.1 Å².